The minimum Gasteiger partial charge on any atom is -0.494 e. The molecule has 0 heterocycles. The molecule has 0 saturated carbocycles. The molecule has 1 N–H and O–H groups in total. The van der Waals surface area contributed by atoms with Gasteiger partial charge in [-0.05, 0) is 49.7 Å². The van der Waals surface area contributed by atoms with Crippen LogP contribution in [0.3, 0.4) is 0 Å². The van der Waals surface area contributed by atoms with E-state index in [4.69, 9.17) is 21.1 Å². The smallest absolute Gasteiger partial charge is 0.306 e. The number of hydrogen-bond acceptors (Lipinski definition) is 4. The molecule has 0 spiro atoms. The third kappa shape index (κ3) is 6.85. The fourth-order valence-electron chi connectivity index (χ4n) is 2.01. The van der Waals surface area contributed by atoms with Gasteiger partial charge in [0.25, 0.3) is 5.91 Å². The number of ether oxygens (including phenoxy) is 2. The zero-order chi connectivity index (χ0) is 18.1. The lowest BCUT2D eigenvalue weighted by Gasteiger charge is -2.13. The van der Waals surface area contributed by atoms with Crippen LogP contribution in [-0.4, -0.2) is 24.6 Å². The number of anilines is 1. The summed E-state index contributed by atoms with van der Waals surface area (Å²) in [6.07, 6.45) is -0.178. The van der Waals surface area contributed by atoms with Crippen molar-refractivity contribution in [2.45, 2.75) is 25.9 Å². The maximum absolute atomic E-state index is 12.0. The first-order valence-corrected chi connectivity index (χ1v) is 8.36. The summed E-state index contributed by atoms with van der Waals surface area (Å²) in [4.78, 5) is 23.8. The number of rotatable bonds is 8. The van der Waals surface area contributed by atoms with Crippen molar-refractivity contribution < 1.29 is 19.1 Å². The highest BCUT2D eigenvalue weighted by Crippen LogP contribution is 2.14. The molecule has 0 bridgehead atoms. The third-order valence-electron chi connectivity index (χ3n) is 3.33. The van der Waals surface area contributed by atoms with Crippen molar-refractivity contribution in [3.63, 3.8) is 0 Å². The van der Waals surface area contributed by atoms with Crippen LogP contribution in [0.5, 0.6) is 5.75 Å². The molecule has 2 aromatic rings. The molecule has 5 nitrogen and oxygen atoms in total. The highest BCUT2D eigenvalue weighted by molar-refractivity contribution is 6.30. The number of halogens is 1. The Kier molecular flexibility index (Phi) is 7.29. The second-order valence-corrected chi connectivity index (χ2v) is 5.83. The van der Waals surface area contributed by atoms with E-state index in [2.05, 4.69) is 5.32 Å². The number of amides is 1. The monoisotopic (exact) mass is 361 g/mol. The second-order valence-electron chi connectivity index (χ2n) is 5.39. The summed E-state index contributed by atoms with van der Waals surface area (Å²) in [6.45, 7) is 1.94. The molecule has 0 unspecified atom stereocenters. The van der Waals surface area contributed by atoms with Gasteiger partial charge in [-0.15, -0.1) is 0 Å². The number of carbonyl (C=O) groups is 2. The molecule has 2 rings (SSSR count). The van der Waals surface area contributed by atoms with Crippen molar-refractivity contribution in [2.75, 3.05) is 11.9 Å². The highest BCUT2D eigenvalue weighted by atomic mass is 35.5. The molecule has 0 aliphatic rings. The van der Waals surface area contributed by atoms with E-state index in [1.54, 1.807) is 24.3 Å². The first-order valence-electron chi connectivity index (χ1n) is 7.98. The van der Waals surface area contributed by atoms with Gasteiger partial charge >= 0.3 is 5.97 Å². The van der Waals surface area contributed by atoms with Crippen LogP contribution in [0.2, 0.25) is 5.02 Å². The first-order chi connectivity index (χ1) is 12.0. The summed E-state index contributed by atoms with van der Waals surface area (Å²) in [5.41, 5.74) is 0.591. The molecule has 6 heteroatoms. The lowest BCUT2D eigenvalue weighted by molar-refractivity contribution is -0.153. The molecular weight excluding hydrogens is 342 g/mol. The number of benzene rings is 2. The first kappa shape index (κ1) is 18.8. The van der Waals surface area contributed by atoms with Crippen molar-refractivity contribution in [1.82, 2.24) is 0 Å². The zero-order valence-electron chi connectivity index (χ0n) is 13.9. The molecule has 0 aliphatic heterocycles. The summed E-state index contributed by atoms with van der Waals surface area (Å²) in [5.74, 6) is -0.0711. The summed E-state index contributed by atoms with van der Waals surface area (Å²) >= 11 is 5.79. The van der Waals surface area contributed by atoms with Crippen molar-refractivity contribution >= 4 is 29.2 Å². The minimum atomic E-state index is -0.877. The molecule has 25 heavy (non-hydrogen) atoms. The van der Waals surface area contributed by atoms with Crippen LogP contribution in [0.25, 0.3) is 0 Å². The molecule has 0 saturated heterocycles. The average molecular weight is 362 g/mol. The van der Waals surface area contributed by atoms with E-state index in [0.717, 1.165) is 5.75 Å². The van der Waals surface area contributed by atoms with E-state index < -0.39 is 18.0 Å². The molecule has 1 amide bonds. The van der Waals surface area contributed by atoms with E-state index in [9.17, 15) is 9.59 Å². The summed E-state index contributed by atoms with van der Waals surface area (Å²) in [5, 5.41) is 3.24. The van der Waals surface area contributed by atoms with Gasteiger partial charge in [0.2, 0.25) is 0 Å². The Bertz CT molecular complexity index is 688. The van der Waals surface area contributed by atoms with Gasteiger partial charge in [0.1, 0.15) is 5.75 Å². The Morgan fingerprint density at radius 1 is 1.08 bits per heavy atom. The minimum absolute atomic E-state index is 0.186. The highest BCUT2D eigenvalue weighted by Gasteiger charge is 2.17. The largest absolute Gasteiger partial charge is 0.494 e. The molecule has 0 aromatic heterocycles. The number of hydrogen-bond donors (Lipinski definition) is 1. The number of nitrogens with one attached hydrogen (secondary N) is 1. The van der Waals surface area contributed by atoms with Gasteiger partial charge in [0.05, 0.1) is 6.61 Å². The number of carbonyl (C=O) groups excluding carboxylic acids is 2. The summed E-state index contributed by atoms with van der Waals surface area (Å²) < 4.78 is 10.6. The second kappa shape index (κ2) is 9.69. The lowest BCUT2D eigenvalue weighted by Crippen LogP contribution is -2.30. The van der Waals surface area contributed by atoms with Crippen molar-refractivity contribution in [1.29, 1.82) is 0 Å². The number of esters is 1. The molecule has 0 radical (unpaired) electrons. The van der Waals surface area contributed by atoms with Crippen molar-refractivity contribution in [3.8, 4) is 5.75 Å². The lowest BCUT2D eigenvalue weighted by atomic mass is 10.3. The molecule has 1 atom stereocenters. The van der Waals surface area contributed by atoms with E-state index in [0.29, 0.717) is 23.7 Å². The Morgan fingerprint density at radius 2 is 1.76 bits per heavy atom. The quantitative estimate of drug-likeness (QED) is 0.568. The van der Waals surface area contributed by atoms with Gasteiger partial charge in [-0.2, -0.15) is 0 Å². The van der Waals surface area contributed by atoms with Crippen molar-refractivity contribution in [2.24, 2.45) is 0 Å². The molecular formula is C19H20ClNO4. The van der Waals surface area contributed by atoms with Crippen LogP contribution in [-0.2, 0) is 14.3 Å². The Labute approximate surface area is 151 Å². The van der Waals surface area contributed by atoms with E-state index >= 15 is 0 Å². The molecule has 2 aromatic carbocycles. The summed E-state index contributed by atoms with van der Waals surface area (Å²) in [7, 11) is 0. The van der Waals surface area contributed by atoms with Gasteiger partial charge in [-0.25, -0.2) is 0 Å². The maximum Gasteiger partial charge on any atom is 0.306 e. The van der Waals surface area contributed by atoms with Crippen LogP contribution in [0.15, 0.2) is 54.6 Å². The Hall–Kier alpha value is -2.53. The topological polar surface area (TPSA) is 64.6 Å². The molecule has 132 valence electrons. The van der Waals surface area contributed by atoms with Crippen LogP contribution >= 0.6 is 11.6 Å². The van der Waals surface area contributed by atoms with Gasteiger partial charge in [0, 0.05) is 17.1 Å². The number of para-hydroxylation sites is 1. The molecule has 0 fully saturated rings. The Balaban J connectivity index is 1.66. The average Bonchev–Trinajstić information content (AvgIpc) is 2.61. The van der Waals surface area contributed by atoms with Crippen LogP contribution in [0, 0.1) is 0 Å². The van der Waals surface area contributed by atoms with E-state index in [-0.39, 0.29) is 6.42 Å². The van der Waals surface area contributed by atoms with Gasteiger partial charge in [-0.1, -0.05) is 29.8 Å². The third-order valence-corrected chi connectivity index (χ3v) is 3.58. The van der Waals surface area contributed by atoms with E-state index in [1.807, 2.05) is 30.3 Å². The Morgan fingerprint density at radius 3 is 2.44 bits per heavy atom. The van der Waals surface area contributed by atoms with Crippen LogP contribution in [0.1, 0.15) is 19.8 Å². The SMILES string of the molecule is C[C@@H](OC(=O)CCCOc1ccccc1)C(=O)Nc1ccc(Cl)cc1. The van der Waals surface area contributed by atoms with Crippen LogP contribution < -0.4 is 10.1 Å². The van der Waals surface area contributed by atoms with Gasteiger partial charge < -0.3 is 14.8 Å². The predicted octanol–water partition coefficient (Wildman–Crippen LogP) is 4.07. The van der Waals surface area contributed by atoms with Gasteiger partial charge in [-0.3, -0.25) is 9.59 Å². The fourth-order valence-corrected chi connectivity index (χ4v) is 2.14. The van der Waals surface area contributed by atoms with E-state index in [1.165, 1.54) is 6.92 Å². The van der Waals surface area contributed by atoms with Crippen LogP contribution in [0.4, 0.5) is 5.69 Å². The summed E-state index contributed by atoms with van der Waals surface area (Å²) in [6, 6.07) is 16.0. The van der Waals surface area contributed by atoms with Gasteiger partial charge in [0.15, 0.2) is 6.10 Å². The normalized spacial score (nSPS) is 11.4. The maximum atomic E-state index is 12.0. The van der Waals surface area contributed by atoms with Crippen molar-refractivity contribution in [3.05, 3.63) is 59.6 Å². The zero-order valence-corrected chi connectivity index (χ0v) is 14.7. The standard InChI is InChI=1S/C19H20ClNO4/c1-14(19(23)21-16-11-9-15(20)10-12-16)25-18(22)8-5-13-24-17-6-3-2-4-7-17/h2-4,6-7,9-12,14H,5,8,13H2,1H3,(H,21,23)/t14-/m1/s1. The fraction of sp³-hybridized carbons (Fsp3) is 0.263. The predicted molar refractivity (Wildman–Crippen MR) is 96.8 cm³/mol. The molecule has 0 aliphatic carbocycles.